The van der Waals surface area contributed by atoms with Gasteiger partial charge in [-0.3, -0.25) is 19.9 Å². The molecule has 0 unspecified atom stereocenters. The van der Waals surface area contributed by atoms with Crippen LogP contribution in [0.3, 0.4) is 0 Å². The lowest BCUT2D eigenvalue weighted by molar-refractivity contribution is -0.138. The smallest absolute Gasteiger partial charge is 0.416 e. The molecule has 0 aliphatic carbocycles. The van der Waals surface area contributed by atoms with E-state index in [9.17, 15) is 27.6 Å². The second-order valence-electron chi connectivity index (χ2n) is 7.56. The number of carbonyl (C=O) groups excluding carboxylic acids is 2. The van der Waals surface area contributed by atoms with Crippen molar-refractivity contribution in [2.45, 2.75) is 26.4 Å². The van der Waals surface area contributed by atoms with E-state index in [2.05, 4.69) is 10.3 Å². The molecule has 0 fully saturated rings. The number of nitrogens with zero attached hydrogens (tertiary/aromatic N) is 1. The van der Waals surface area contributed by atoms with Gasteiger partial charge in [0.15, 0.2) is 5.78 Å². The van der Waals surface area contributed by atoms with Crippen molar-refractivity contribution < 1.29 is 32.7 Å². The number of benzene rings is 2. The van der Waals surface area contributed by atoms with Crippen LogP contribution in [0.5, 0.6) is 0 Å². The van der Waals surface area contributed by atoms with Gasteiger partial charge in [-0.1, -0.05) is 18.2 Å². The fourth-order valence-corrected chi connectivity index (χ4v) is 3.37. The second kappa shape index (κ2) is 9.74. The summed E-state index contributed by atoms with van der Waals surface area (Å²) in [5.41, 5.74) is 0.682. The molecule has 3 rings (SSSR count). The molecule has 1 heterocycles. The van der Waals surface area contributed by atoms with Crippen molar-refractivity contribution in [1.29, 1.82) is 0 Å². The molecule has 0 spiro atoms. The Morgan fingerprint density at radius 1 is 0.941 bits per heavy atom. The second-order valence-corrected chi connectivity index (χ2v) is 7.56. The summed E-state index contributed by atoms with van der Waals surface area (Å²) in [6, 6.07) is 11.8. The maximum absolute atomic E-state index is 13.3. The van der Waals surface area contributed by atoms with Crippen molar-refractivity contribution >= 4 is 29.2 Å². The minimum atomic E-state index is -4.72. The average molecular weight is 471 g/mol. The number of aromatic nitrogens is 1. The molecule has 1 aromatic heterocycles. The molecular weight excluding hydrogens is 451 g/mol. The number of rotatable bonds is 6. The molecule has 176 valence electrons. The highest BCUT2D eigenvalue weighted by atomic mass is 19.4. The van der Waals surface area contributed by atoms with Crippen LogP contribution in [-0.2, 0) is 11.0 Å². The molecule has 0 aliphatic heterocycles. The van der Waals surface area contributed by atoms with E-state index in [4.69, 9.17) is 5.11 Å². The number of carbonyl (C=O) groups is 3. The summed E-state index contributed by atoms with van der Waals surface area (Å²) in [6.45, 7) is 2.99. The molecule has 3 N–H and O–H groups in total. The molecule has 3 aromatic rings. The highest BCUT2D eigenvalue weighted by Crippen LogP contribution is 2.37. The maximum Gasteiger partial charge on any atom is 0.416 e. The van der Waals surface area contributed by atoms with E-state index in [0.29, 0.717) is 6.07 Å². The summed E-state index contributed by atoms with van der Waals surface area (Å²) in [6.07, 6.45) is -5.26. The standard InChI is InChI=1S/C24H20F3N3O4/c1-13-8-19(30-23(33)34)20(11-18(13)24(25,26)27)29-22(32)12-21(31)17-5-3-4-15(10-17)16-6-7-28-14(2)9-16/h3-11,30H,12H2,1-2H3,(H,29,32)(H,33,34). The molecule has 0 saturated carbocycles. The van der Waals surface area contributed by atoms with Gasteiger partial charge >= 0.3 is 12.3 Å². The van der Waals surface area contributed by atoms with Crippen molar-refractivity contribution in [1.82, 2.24) is 4.98 Å². The molecule has 0 saturated heterocycles. The SMILES string of the molecule is Cc1cc(-c2cccc(C(=O)CC(=O)Nc3cc(C(F)(F)F)c(C)cc3NC(=O)O)c2)ccn1. The van der Waals surface area contributed by atoms with Crippen molar-refractivity contribution in [2.24, 2.45) is 0 Å². The Balaban J connectivity index is 1.82. The number of pyridine rings is 1. The fraction of sp³-hybridized carbons (Fsp3) is 0.167. The van der Waals surface area contributed by atoms with E-state index < -0.39 is 41.6 Å². The number of hydrogen-bond donors (Lipinski definition) is 3. The van der Waals surface area contributed by atoms with Crippen molar-refractivity contribution in [3.8, 4) is 11.1 Å². The Morgan fingerprint density at radius 3 is 2.26 bits per heavy atom. The lowest BCUT2D eigenvalue weighted by Gasteiger charge is -2.17. The Bertz CT molecular complexity index is 1270. The Morgan fingerprint density at radius 2 is 1.62 bits per heavy atom. The Hall–Kier alpha value is -4.21. The largest absolute Gasteiger partial charge is 0.465 e. The summed E-state index contributed by atoms with van der Waals surface area (Å²) in [7, 11) is 0. The number of anilines is 2. The predicted octanol–water partition coefficient (Wildman–Crippen LogP) is 5.69. The van der Waals surface area contributed by atoms with E-state index in [-0.39, 0.29) is 16.8 Å². The van der Waals surface area contributed by atoms with Gasteiger partial charge in [0.05, 0.1) is 23.4 Å². The predicted molar refractivity (Wildman–Crippen MR) is 120 cm³/mol. The van der Waals surface area contributed by atoms with Crippen LogP contribution in [0.1, 0.15) is 33.6 Å². The van der Waals surface area contributed by atoms with E-state index in [1.807, 2.05) is 18.3 Å². The molecule has 0 atom stereocenters. The maximum atomic E-state index is 13.3. The lowest BCUT2D eigenvalue weighted by Crippen LogP contribution is -2.20. The topological polar surface area (TPSA) is 108 Å². The lowest BCUT2D eigenvalue weighted by atomic mass is 10.00. The van der Waals surface area contributed by atoms with Gasteiger partial charge in [0.25, 0.3) is 0 Å². The number of aryl methyl sites for hydroxylation is 2. The number of halogens is 3. The normalized spacial score (nSPS) is 11.1. The molecule has 0 radical (unpaired) electrons. The quantitative estimate of drug-likeness (QED) is 0.316. The molecule has 34 heavy (non-hydrogen) atoms. The number of ketones is 1. The van der Waals surface area contributed by atoms with Crippen LogP contribution in [0, 0.1) is 13.8 Å². The van der Waals surface area contributed by atoms with E-state index in [0.717, 1.165) is 22.9 Å². The summed E-state index contributed by atoms with van der Waals surface area (Å²) in [5, 5.41) is 13.1. The van der Waals surface area contributed by atoms with Crippen LogP contribution < -0.4 is 10.6 Å². The van der Waals surface area contributed by atoms with Gasteiger partial charge in [0, 0.05) is 17.5 Å². The summed E-state index contributed by atoms with van der Waals surface area (Å²) < 4.78 is 39.9. The number of hydrogen-bond acceptors (Lipinski definition) is 4. The molecule has 7 nitrogen and oxygen atoms in total. The highest BCUT2D eigenvalue weighted by Gasteiger charge is 2.33. The third-order valence-electron chi connectivity index (χ3n) is 4.92. The first-order valence-corrected chi connectivity index (χ1v) is 10.0. The highest BCUT2D eigenvalue weighted by molar-refractivity contribution is 6.12. The molecule has 2 amide bonds. The number of Topliss-reactive ketones (excluding diaryl/α,β-unsaturated/α-hetero) is 1. The summed E-state index contributed by atoms with van der Waals surface area (Å²) in [4.78, 5) is 40.3. The third kappa shape index (κ3) is 5.97. The number of carboxylic acid groups (broad SMARTS) is 1. The summed E-state index contributed by atoms with van der Waals surface area (Å²) >= 11 is 0. The minimum Gasteiger partial charge on any atom is -0.465 e. The van der Waals surface area contributed by atoms with E-state index in [1.165, 1.54) is 13.0 Å². The van der Waals surface area contributed by atoms with Crippen molar-refractivity contribution in [2.75, 3.05) is 10.6 Å². The van der Waals surface area contributed by atoms with Gasteiger partial charge in [-0.2, -0.15) is 13.2 Å². The monoisotopic (exact) mass is 471 g/mol. The molecule has 0 aliphatic rings. The molecule has 2 aromatic carbocycles. The zero-order valence-corrected chi connectivity index (χ0v) is 18.2. The molecular formula is C24H20F3N3O4. The zero-order chi connectivity index (χ0) is 25.0. The Labute approximate surface area is 192 Å². The molecule has 10 heteroatoms. The minimum absolute atomic E-state index is 0.228. The number of alkyl halides is 3. The van der Waals surface area contributed by atoms with Crippen LogP contribution in [0.25, 0.3) is 11.1 Å². The number of nitrogens with one attached hydrogen (secondary N) is 2. The van der Waals surface area contributed by atoms with Crippen LogP contribution in [0.2, 0.25) is 0 Å². The van der Waals surface area contributed by atoms with Crippen LogP contribution in [-0.4, -0.2) is 27.9 Å². The van der Waals surface area contributed by atoms with E-state index >= 15 is 0 Å². The fourth-order valence-electron chi connectivity index (χ4n) is 3.37. The van der Waals surface area contributed by atoms with Gasteiger partial charge in [0.2, 0.25) is 5.91 Å². The Kier molecular flexibility index (Phi) is 7.00. The first-order chi connectivity index (χ1) is 15.9. The molecule has 0 bridgehead atoms. The van der Waals surface area contributed by atoms with Crippen molar-refractivity contribution in [3.05, 3.63) is 77.1 Å². The first-order valence-electron chi connectivity index (χ1n) is 10.0. The van der Waals surface area contributed by atoms with E-state index in [1.54, 1.807) is 30.5 Å². The zero-order valence-electron chi connectivity index (χ0n) is 18.2. The van der Waals surface area contributed by atoms with Gasteiger partial charge < -0.3 is 10.4 Å². The van der Waals surface area contributed by atoms with Crippen LogP contribution in [0.15, 0.2) is 54.7 Å². The van der Waals surface area contributed by atoms with Crippen LogP contribution >= 0.6 is 0 Å². The van der Waals surface area contributed by atoms with Gasteiger partial charge in [0.1, 0.15) is 0 Å². The van der Waals surface area contributed by atoms with Crippen LogP contribution in [0.4, 0.5) is 29.3 Å². The van der Waals surface area contributed by atoms with Gasteiger partial charge in [-0.05, 0) is 60.9 Å². The first kappa shape index (κ1) is 24.4. The summed E-state index contributed by atoms with van der Waals surface area (Å²) in [5.74, 6) is -1.44. The van der Waals surface area contributed by atoms with Gasteiger partial charge in [-0.25, -0.2) is 4.79 Å². The number of amides is 2. The van der Waals surface area contributed by atoms with Gasteiger partial charge in [-0.15, -0.1) is 0 Å². The third-order valence-corrected chi connectivity index (χ3v) is 4.92. The van der Waals surface area contributed by atoms with Crippen molar-refractivity contribution in [3.63, 3.8) is 0 Å². The average Bonchev–Trinajstić information content (AvgIpc) is 2.74.